The quantitative estimate of drug-likeness (QED) is 0.448. The highest BCUT2D eigenvalue weighted by Gasteiger charge is 2.35. The fraction of sp³-hybridized carbons (Fsp3) is 0.552. The van der Waals surface area contributed by atoms with Crippen LogP contribution in [0.2, 0.25) is 0 Å². The molecular formula is C29H40N4O6. The zero-order chi connectivity index (χ0) is 28.4. The van der Waals surface area contributed by atoms with Crippen LogP contribution in [-0.2, 0) is 32.0 Å². The first-order chi connectivity index (χ1) is 18.3. The topological polar surface area (TPSA) is 115 Å². The van der Waals surface area contributed by atoms with Crippen molar-refractivity contribution in [3.05, 3.63) is 53.9 Å². The van der Waals surface area contributed by atoms with Gasteiger partial charge < -0.3 is 29.5 Å². The lowest BCUT2D eigenvalue weighted by molar-refractivity contribution is -0.139. The Labute approximate surface area is 229 Å². The molecule has 0 saturated carbocycles. The van der Waals surface area contributed by atoms with E-state index in [2.05, 4.69) is 10.4 Å². The first-order valence-electron chi connectivity index (χ1n) is 13.4. The molecule has 1 fully saturated rings. The summed E-state index contributed by atoms with van der Waals surface area (Å²) in [4.78, 5) is 27.9. The Balaban J connectivity index is 1.39. The molecule has 10 nitrogen and oxygen atoms in total. The standard InChI is InChI=1S/C29H40N4O6/c1-19(2)12-24(27(35)30-25-10-11-32(31-25)16-23-18-37-29(5,6)39-23)33-17-22(14-26(33)34)38-21-9-7-8-20(13-21)15-28(3,4)36/h7-11,13-14,19,23-24,36H,12,15-18H2,1-6H3,(H,30,31,35)/t23-,24+/m1/s1. The van der Waals surface area contributed by atoms with Gasteiger partial charge in [-0.15, -0.1) is 0 Å². The number of hydrogen-bond acceptors (Lipinski definition) is 7. The van der Waals surface area contributed by atoms with Crippen LogP contribution in [0.25, 0.3) is 0 Å². The maximum atomic E-state index is 13.4. The predicted molar refractivity (Wildman–Crippen MR) is 146 cm³/mol. The maximum Gasteiger partial charge on any atom is 0.251 e. The van der Waals surface area contributed by atoms with Crippen LogP contribution in [0.5, 0.6) is 5.75 Å². The number of benzene rings is 1. The molecule has 2 amide bonds. The lowest BCUT2D eigenvalue weighted by Gasteiger charge is -2.28. The van der Waals surface area contributed by atoms with E-state index in [1.165, 1.54) is 11.0 Å². The van der Waals surface area contributed by atoms with Gasteiger partial charge in [0, 0.05) is 24.8 Å². The summed E-state index contributed by atoms with van der Waals surface area (Å²) in [6.45, 7) is 12.4. The molecule has 0 radical (unpaired) electrons. The number of anilines is 1. The van der Waals surface area contributed by atoms with Crippen molar-refractivity contribution in [3.63, 3.8) is 0 Å². The molecule has 1 aromatic heterocycles. The smallest absolute Gasteiger partial charge is 0.251 e. The number of carbonyl (C=O) groups excluding carboxylic acids is 2. The molecular weight excluding hydrogens is 500 g/mol. The van der Waals surface area contributed by atoms with Gasteiger partial charge in [-0.3, -0.25) is 14.3 Å². The number of nitrogens with one attached hydrogen (secondary N) is 1. The van der Waals surface area contributed by atoms with Crippen LogP contribution in [0.1, 0.15) is 53.5 Å². The third-order valence-corrected chi connectivity index (χ3v) is 6.40. The fourth-order valence-corrected chi connectivity index (χ4v) is 4.83. The van der Waals surface area contributed by atoms with Crippen molar-refractivity contribution < 1.29 is 28.9 Å². The molecule has 4 rings (SSSR count). The number of hydrogen-bond donors (Lipinski definition) is 2. The summed E-state index contributed by atoms with van der Waals surface area (Å²) < 4.78 is 19.2. The molecule has 39 heavy (non-hydrogen) atoms. The summed E-state index contributed by atoms with van der Waals surface area (Å²) in [6, 6.07) is 8.47. The minimum atomic E-state index is -0.846. The Morgan fingerprint density at radius 1 is 1.31 bits per heavy atom. The van der Waals surface area contributed by atoms with Crippen LogP contribution >= 0.6 is 0 Å². The molecule has 0 bridgehead atoms. The van der Waals surface area contributed by atoms with Gasteiger partial charge in [0.05, 0.1) is 25.3 Å². The number of rotatable bonds is 11. The zero-order valence-corrected chi connectivity index (χ0v) is 23.6. The Hall–Kier alpha value is -3.21. The maximum absolute atomic E-state index is 13.4. The second kappa shape index (κ2) is 11.5. The van der Waals surface area contributed by atoms with Gasteiger partial charge in [0.25, 0.3) is 5.91 Å². The zero-order valence-electron chi connectivity index (χ0n) is 23.6. The third kappa shape index (κ3) is 8.14. The average molecular weight is 541 g/mol. The van der Waals surface area contributed by atoms with E-state index in [1.807, 2.05) is 45.9 Å². The van der Waals surface area contributed by atoms with Crippen LogP contribution in [0.15, 0.2) is 48.4 Å². The van der Waals surface area contributed by atoms with E-state index in [9.17, 15) is 14.7 Å². The van der Waals surface area contributed by atoms with E-state index < -0.39 is 17.4 Å². The van der Waals surface area contributed by atoms with Crippen LogP contribution in [-0.4, -0.2) is 68.3 Å². The summed E-state index contributed by atoms with van der Waals surface area (Å²) in [5.74, 6) is 0.442. The molecule has 2 aliphatic heterocycles. The molecule has 1 saturated heterocycles. The number of nitrogens with zero attached hydrogens (tertiary/aromatic N) is 3. The molecule has 2 aromatic rings. The first kappa shape index (κ1) is 28.8. The van der Waals surface area contributed by atoms with Gasteiger partial charge in [0.1, 0.15) is 23.7 Å². The number of aliphatic hydroxyl groups is 1. The van der Waals surface area contributed by atoms with Crippen molar-refractivity contribution >= 4 is 17.6 Å². The summed E-state index contributed by atoms with van der Waals surface area (Å²) in [7, 11) is 0. The average Bonchev–Trinajstić information content (AvgIpc) is 3.49. The Kier molecular flexibility index (Phi) is 8.48. The van der Waals surface area contributed by atoms with Crippen molar-refractivity contribution in [3.8, 4) is 5.75 Å². The van der Waals surface area contributed by atoms with Crippen LogP contribution in [0.3, 0.4) is 0 Å². The second-order valence-corrected chi connectivity index (χ2v) is 11.8. The molecule has 212 valence electrons. The van der Waals surface area contributed by atoms with Crippen LogP contribution < -0.4 is 10.1 Å². The number of carbonyl (C=O) groups is 2. The minimum absolute atomic E-state index is 0.125. The minimum Gasteiger partial charge on any atom is -0.460 e. The van der Waals surface area contributed by atoms with Gasteiger partial charge in [0.2, 0.25) is 5.91 Å². The van der Waals surface area contributed by atoms with Crippen molar-refractivity contribution in [1.29, 1.82) is 0 Å². The van der Waals surface area contributed by atoms with E-state index in [0.717, 1.165) is 5.56 Å². The van der Waals surface area contributed by atoms with Crippen LogP contribution in [0, 0.1) is 5.92 Å². The van der Waals surface area contributed by atoms with Gasteiger partial charge in [-0.1, -0.05) is 26.0 Å². The summed E-state index contributed by atoms with van der Waals surface area (Å²) in [5.41, 5.74) is 0.0787. The summed E-state index contributed by atoms with van der Waals surface area (Å²) in [6.07, 6.45) is 4.05. The predicted octanol–water partition coefficient (Wildman–Crippen LogP) is 3.51. The molecule has 0 aliphatic carbocycles. The van der Waals surface area contributed by atoms with Crippen molar-refractivity contribution in [2.24, 2.45) is 5.92 Å². The fourth-order valence-electron chi connectivity index (χ4n) is 4.83. The second-order valence-electron chi connectivity index (χ2n) is 11.8. The molecule has 2 atom stereocenters. The van der Waals surface area contributed by atoms with Crippen LogP contribution in [0.4, 0.5) is 5.82 Å². The molecule has 3 heterocycles. The van der Waals surface area contributed by atoms with E-state index in [-0.39, 0.29) is 30.4 Å². The van der Waals surface area contributed by atoms with E-state index in [4.69, 9.17) is 14.2 Å². The van der Waals surface area contributed by atoms with Gasteiger partial charge in [-0.2, -0.15) is 5.10 Å². The highest BCUT2D eigenvalue weighted by Crippen LogP contribution is 2.26. The van der Waals surface area contributed by atoms with Crippen molar-refractivity contribution in [2.75, 3.05) is 18.5 Å². The van der Waals surface area contributed by atoms with E-state index >= 15 is 0 Å². The first-order valence-corrected chi connectivity index (χ1v) is 13.4. The SMILES string of the molecule is CC(C)C[C@@H](C(=O)Nc1ccn(C[C@@H]2COC(C)(C)O2)n1)N1CC(Oc2cccc(CC(C)(C)O)c2)=CC1=O. The molecule has 0 spiro atoms. The van der Waals surface area contributed by atoms with E-state index in [0.29, 0.717) is 43.3 Å². The van der Waals surface area contributed by atoms with E-state index in [1.54, 1.807) is 36.9 Å². The van der Waals surface area contributed by atoms with Gasteiger partial charge in [0.15, 0.2) is 11.6 Å². The Morgan fingerprint density at radius 3 is 2.74 bits per heavy atom. The monoisotopic (exact) mass is 540 g/mol. The van der Waals surface area contributed by atoms with Gasteiger partial charge >= 0.3 is 0 Å². The molecule has 0 unspecified atom stereocenters. The van der Waals surface area contributed by atoms with Gasteiger partial charge in [-0.05, 0) is 57.7 Å². The molecule has 2 aliphatic rings. The van der Waals surface area contributed by atoms with Crippen molar-refractivity contribution in [1.82, 2.24) is 14.7 Å². The lowest BCUT2D eigenvalue weighted by atomic mass is 9.99. The Morgan fingerprint density at radius 2 is 2.08 bits per heavy atom. The Bertz CT molecular complexity index is 1210. The molecule has 10 heteroatoms. The number of aromatic nitrogens is 2. The van der Waals surface area contributed by atoms with Gasteiger partial charge in [-0.25, -0.2) is 0 Å². The number of amides is 2. The lowest BCUT2D eigenvalue weighted by Crippen LogP contribution is -2.46. The normalized spacial score (nSPS) is 19.9. The highest BCUT2D eigenvalue weighted by molar-refractivity contribution is 5.99. The summed E-state index contributed by atoms with van der Waals surface area (Å²) >= 11 is 0. The molecule has 1 aromatic carbocycles. The van der Waals surface area contributed by atoms with Crippen molar-refractivity contribution in [2.45, 2.75) is 84.5 Å². The molecule has 2 N–H and O–H groups in total. The largest absolute Gasteiger partial charge is 0.460 e. The highest BCUT2D eigenvalue weighted by atomic mass is 16.7. The summed E-state index contributed by atoms with van der Waals surface area (Å²) in [5, 5.41) is 17.5. The number of ether oxygens (including phenoxy) is 3. The third-order valence-electron chi connectivity index (χ3n) is 6.40.